The summed E-state index contributed by atoms with van der Waals surface area (Å²) < 4.78 is 0. The van der Waals surface area contributed by atoms with Crippen molar-refractivity contribution in [1.29, 1.82) is 0 Å². The Bertz CT molecular complexity index is 736. The maximum atomic E-state index is 12.5. The van der Waals surface area contributed by atoms with Crippen LogP contribution >= 0.6 is 0 Å². The highest BCUT2D eigenvalue weighted by molar-refractivity contribution is 5.77. The van der Waals surface area contributed by atoms with E-state index in [1.165, 1.54) is 12.1 Å². The van der Waals surface area contributed by atoms with Crippen molar-refractivity contribution in [2.24, 2.45) is 5.92 Å². The fourth-order valence-corrected chi connectivity index (χ4v) is 4.44. The van der Waals surface area contributed by atoms with E-state index in [2.05, 4.69) is 6.92 Å². The Morgan fingerprint density at radius 1 is 1.23 bits per heavy atom. The van der Waals surface area contributed by atoms with Crippen LogP contribution in [0.5, 0.6) is 0 Å². The second-order valence-electron chi connectivity index (χ2n) is 8.60. The molecule has 1 aliphatic rings. The van der Waals surface area contributed by atoms with Gasteiger partial charge in [0.1, 0.15) is 0 Å². The first-order valence-electron chi connectivity index (χ1n) is 11.2. The molecule has 3 atom stereocenters. The molecule has 0 bridgehead atoms. The number of unbranched alkanes of at least 4 members (excludes halogenated alkanes) is 3. The van der Waals surface area contributed by atoms with E-state index in [1.807, 2.05) is 4.90 Å². The number of likely N-dealkylation sites (tertiary alicyclic amines) is 1. The van der Waals surface area contributed by atoms with E-state index in [0.717, 1.165) is 37.7 Å². The van der Waals surface area contributed by atoms with E-state index in [-0.39, 0.29) is 30.0 Å². The zero-order valence-electron chi connectivity index (χ0n) is 18.2. The number of carbonyl (C=O) groups is 2. The molecular weight excluding hydrogens is 400 g/mol. The van der Waals surface area contributed by atoms with Gasteiger partial charge in [-0.1, -0.05) is 31.9 Å². The van der Waals surface area contributed by atoms with Crippen molar-refractivity contribution < 1.29 is 24.7 Å². The summed E-state index contributed by atoms with van der Waals surface area (Å²) in [7, 11) is 0. The van der Waals surface area contributed by atoms with Crippen LogP contribution in [0.4, 0.5) is 5.69 Å². The highest BCUT2D eigenvalue weighted by Crippen LogP contribution is 2.28. The fraction of sp³-hybridized carbons (Fsp3) is 0.652. The average molecular weight is 435 g/mol. The summed E-state index contributed by atoms with van der Waals surface area (Å²) in [6.45, 7) is 2.75. The summed E-state index contributed by atoms with van der Waals surface area (Å²) in [5.74, 6) is -0.463. The molecule has 0 radical (unpaired) electrons. The smallest absolute Gasteiger partial charge is 0.303 e. The number of carboxylic acid groups (broad SMARTS) is 1. The molecule has 1 aliphatic heterocycles. The van der Waals surface area contributed by atoms with E-state index in [0.29, 0.717) is 32.2 Å². The fourth-order valence-electron chi connectivity index (χ4n) is 4.44. The largest absolute Gasteiger partial charge is 0.481 e. The predicted molar refractivity (Wildman–Crippen MR) is 117 cm³/mol. The normalized spacial score (nSPS) is 18.6. The van der Waals surface area contributed by atoms with E-state index < -0.39 is 17.0 Å². The number of nitro benzene ring substituents is 1. The number of aliphatic hydroxyl groups is 1. The molecule has 8 nitrogen and oxygen atoms in total. The highest BCUT2D eigenvalue weighted by atomic mass is 16.6. The number of aliphatic carboxylic acids is 1. The van der Waals surface area contributed by atoms with Gasteiger partial charge in [-0.05, 0) is 50.0 Å². The molecule has 1 unspecified atom stereocenters. The molecule has 1 fully saturated rings. The van der Waals surface area contributed by atoms with Gasteiger partial charge in [-0.3, -0.25) is 19.7 Å². The molecule has 0 saturated carbocycles. The van der Waals surface area contributed by atoms with Gasteiger partial charge >= 0.3 is 5.97 Å². The number of nitro groups is 1. The van der Waals surface area contributed by atoms with Crippen LogP contribution in [0.25, 0.3) is 0 Å². The lowest BCUT2D eigenvalue weighted by Crippen LogP contribution is -2.48. The molecule has 0 spiro atoms. The van der Waals surface area contributed by atoms with Gasteiger partial charge in [0.15, 0.2) is 0 Å². The van der Waals surface area contributed by atoms with Crippen LogP contribution < -0.4 is 0 Å². The van der Waals surface area contributed by atoms with Gasteiger partial charge < -0.3 is 15.1 Å². The molecule has 1 heterocycles. The quantitative estimate of drug-likeness (QED) is 0.275. The molecule has 8 heteroatoms. The zero-order chi connectivity index (χ0) is 22.8. The Balaban J connectivity index is 1.83. The first kappa shape index (κ1) is 24.8. The summed E-state index contributed by atoms with van der Waals surface area (Å²) in [6, 6.07) is 6.35. The third-order valence-electron chi connectivity index (χ3n) is 6.07. The van der Waals surface area contributed by atoms with Gasteiger partial charge in [0, 0.05) is 37.6 Å². The summed E-state index contributed by atoms with van der Waals surface area (Å²) in [6.07, 6.45) is 6.23. The van der Waals surface area contributed by atoms with Crippen LogP contribution in [-0.2, 0) is 16.0 Å². The van der Waals surface area contributed by atoms with E-state index in [1.54, 1.807) is 12.1 Å². The number of benzene rings is 1. The highest BCUT2D eigenvalue weighted by Gasteiger charge is 2.32. The zero-order valence-corrected chi connectivity index (χ0v) is 18.2. The van der Waals surface area contributed by atoms with E-state index >= 15 is 0 Å². The minimum Gasteiger partial charge on any atom is -0.481 e. The first-order chi connectivity index (χ1) is 14.8. The maximum Gasteiger partial charge on any atom is 0.303 e. The minimum atomic E-state index is -0.771. The van der Waals surface area contributed by atoms with Gasteiger partial charge in [-0.25, -0.2) is 0 Å². The van der Waals surface area contributed by atoms with Gasteiger partial charge in [0.2, 0.25) is 5.91 Å². The molecule has 1 amide bonds. The van der Waals surface area contributed by atoms with E-state index in [9.17, 15) is 24.8 Å². The van der Waals surface area contributed by atoms with Gasteiger partial charge in [-0.2, -0.15) is 0 Å². The number of piperidine rings is 1. The van der Waals surface area contributed by atoms with Crippen molar-refractivity contribution in [2.45, 2.75) is 83.3 Å². The summed E-state index contributed by atoms with van der Waals surface area (Å²) in [4.78, 5) is 35.4. The van der Waals surface area contributed by atoms with E-state index in [4.69, 9.17) is 5.11 Å². The number of carbonyl (C=O) groups excluding carboxylic acids is 1. The molecular formula is C23H34N2O6. The molecule has 1 aromatic carbocycles. The van der Waals surface area contributed by atoms with Crippen LogP contribution in [0, 0.1) is 16.0 Å². The molecule has 172 valence electrons. The lowest BCUT2D eigenvalue weighted by molar-refractivity contribution is -0.384. The predicted octanol–water partition coefficient (Wildman–Crippen LogP) is 3.94. The molecule has 1 saturated heterocycles. The number of aliphatic hydroxyl groups excluding tert-OH is 1. The Hall–Kier alpha value is -2.48. The topological polar surface area (TPSA) is 121 Å². The number of amides is 1. The van der Waals surface area contributed by atoms with Crippen LogP contribution in [0.15, 0.2) is 24.3 Å². The Morgan fingerprint density at radius 2 is 1.90 bits per heavy atom. The van der Waals surface area contributed by atoms with Crippen molar-refractivity contribution in [1.82, 2.24) is 4.90 Å². The van der Waals surface area contributed by atoms with Gasteiger partial charge in [-0.15, -0.1) is 0 Å². The number of non-ortho nitro benzene ring substituents is 1. The first-order valence-corrected chi connectivity index (χ1v) is 11.2. The maximum absolute atomic E-state index is 12.5. The van der Waals surface area contributed by atoms with Crippen molar-refractivity contribution in [3.63, 3.8) is 0 Å². The number of hydrogen-bond donors (Lipinski definition) is 2. The molecule has 0 aliphatic carbocycles. The molecule has 1 aromatic rings. The number of hydrogen-bond acceptors (Lipinski definition) is 5. The number of carboxylic acids is 1. The van der Waals surface area contributed by atoms with Crippen LogP contribution in [0.1, 0.15) is 70.3 Å². The van der Waals surface area contributed by atoms with Crippen molar-refractivity contribution in [3.05, 3.63) is 39.9 Å². The van der Waals surface area contributed by atoms with Gasteiger partial charge in [0.05, 0.1) is 11.0 Å². The lowest BCUT2D eigenvalue weighted by Gasteiger charge is -2.40. The Morgan fingerprint density at radius 3 is 2.55 bits per heavy atom. The third kappa shape index (κ3) is 8.28. The lowest BCUT2D eigenvalue weighted by atomic mass is 9.86. The molecule has 31 heavy (non-hydrogen) atoms. The minimum absolute atomic E-state index is 0.0333. The Kier molecular flexibility index (Phi) is 9.91. The number of rotatable bonds is 13. The van der Waals surface area contributed by atoms with Crippen molar-refractivity contribution in [3.8, 4) is 0 Å². The summed E-state index contributed by atoms with van der Waals surface area (Å²) in [5.41, 5.74) is 0.883. The van der Waals surface area contributed by atoms with Gasteiger partial charge in [0.25, 0.3) is 5.69 Å². The Labute approximate surface area is 183 Å². The summed E-state index contributed by atoms with van der Waals surface area (Å²) >= 11 is 0. The van der Waals surface area contributed by atoms with Crippen LogP contribution in [0.2, 0.25) is 0 Å². The van der Waals surface area contributed by atoms with Crippen LogP contribution in [-0.4, -0.2) is 50.6 Å². The molecule has 2 N–H and O–H groups in total. The van der Waals surface area contributed by atoms with Crippen molar-refractivity contribution >= 4 is 17.6 Å². The van der Waals surface area contributed by atoms with Crippen molar-refractivity contribution in [2.75, 3.05) is 6.54 Å². The van der Waals surface area contributed by atoms with Crippen LogP contribution in [0.3, 0.4) is 0 Å². The molecule has 0 aromatic heterocycles. The second-order valence-corrected chi connectivity index (χ2v) is 8.60. The standard InChI is InChI=1S/C23H34N2O6/c1-17(15-20(26)16-18-10-12-19(13-11-18)25(30)31)21-7-6-8-22(27)24(21)14-5-3-2-4-9-23(28)29/h10-13,17,20-21,26H,2-9,14-16H2,1H3,(H,28,29)/t17-,20?,21+/m0/s1. The second kappa shape index (κ2) is 12.4. The molecule has 2 rings (SSSR count). The summed E-state index contributed by atoms with van der Waals surface area (Å²) in [5, 5.41) is 30.0. The average Bonchev–Trinajstić information content (AvgIpc) is 2.71. The number of nitrogens with zero attached hydrogens (tertiary/aromatic N) is 2. The monoisotopic (exact) mass is 434 g/mol. The third-order valence-corrected chi connectivity index (χ3v) is 6.07. The SMILES string of the molecule is C[C@@H](CC(O)Cc1ccc([N+](=O)[O-])cc1)[C@H]1CCCC(=O)N1CCCCCCC(=O)O.